The Morgan fingerprint density at radius 1 is 0.471 bits per heavy atom. The van der Waals surface area contributed by atoms with Gasteiger partial charge in [0.05, 0.1) is 34.2 Å². The van der Waals surface area contributed by atoms with Crippen LogP contribution in [0.1, 0.15) is 90.9 Å². The van der Waals surface area contributed by atoms with Crippen LogP contribution in [0.4, 0.5) is 17.6 Å². The molecule has 3 aromatic heterocycles. The summed E-state index contributed by atoms with van der Waals surface area (Å²) in [5.74, 6) is -0.657. The number of benzene rings is 5. The standard InChI is InChI=1S/C19H18F2N2O.C19H19FN2O.C16H16FN3O/c1-11-7-5-10-14-15(11)17(24)23(18(22-14)19(2,3)4)16-12(20)8-6-9-13(16)21;1-12-8-10-13(11-9-12)22-17(23)16-14(20)6-5-7-15(16)21-18(22)19(2,3)4;1-16(2,3)15-19-11-7-4-6-10(17)13(11)14(21)20(15)12-8-5-9-18-12/h5-10H,1-4H3;5-11H,1-4H3;4-8H,9H2,1-3H3. The van der Waals surface area contributed by atoms with Crippen molar-refractivity contribution in [3.8, 4) is 11.4 Å². The quantitative estimate of drug-likeness (QED) is 0.159. The summed E-state index contributed by atoms with van der Waals surface area (Å²) in [6.45, 7) is 21.7. The molecule has 0 saturated heterocycles. The number of para-hydroxylation sites is 1. The van der Waals surface area contributed by atoms with Crippen LogP contribution in [0.2, 0.25) is 0 Å². The average Bonchev–Trinajstić information content (AvgIpc) is 3.79. The van der Waals surface area contributed by atoms with Crippen molar-refractivity contribution in [3.05, 3.63) is 192 Å². The maximum atomic E-state index is 14.4. The highest BCUT2D eigenvalue weighted by atomic mass is 19.1. The van der Waals surface area contributed by atoms with Crippen molar-refractivity contribution in [1.29, 1.82) is 0 Å². The number of hydrogen-bond donors (Lipinski definition) is 0. The van der Waals surface area contributed by atoms with Crippen LogP contribution in [0.15, 0.2) is 129 Å². The zero-order valence-corrected chi connectivity index (χ0v) is 40.0. The van der Waals surface area contributed by atoms with Crippen LogP contribution < -0.4 is 16.7 Å². The van der Waals surface area contributed by atoms with Gasteiger partial charge in [0.15, 0.2) is 0 Å². The van der Waals surface area contributed by atoms with Crippen molar-refractivity contribution in [3.63, 3.8) is 0 Å². The molecule has 0 amide bonds. The molecule has 0 fully saturated rings. The summed E-state index contributed by atoms with van der Waals surface area (Å²) in [7, 11) is 0. The van der Waals surface area contributed by atoms with Gasteiger partial charge in [-0.1, -0.05) is 116 Å². The number of hydrogen-bond acceptors (Lipinski definition) is 7. The van der Waals surface area contributed by atoms with Gasteiger partial charge in [-0.3, -0.25) is 28.5 Å². The van der Waals surface area contributed by atoms with Crippen LogP contribution >= 0.6 is 0 Å². The Morgan fingerprint density at radius 3 is 1.34 bits per heavy atom. The summed E-state index contributed by atoms with van der Waals surface area (Å²) in [6.07, 6.45) is 3.63. The first-order valence-corrected chi connectivity index (χ1v) is 22.1. The topological polar surface area (TPSA) is 117 Å². The first-order chi connectivity index (χ1) is 31.9. The Hall–Kier alpha value is -7.35. The summed E-state index contributed by atoms with van der Waals surface area (Å²) >= 11 is 0. The van der Waals surface area contributed by atoms with Gasteiger partial charge >= 0.3 is 0 Å². The van der Waals surface area contributed by atoms with Gasteiger partial charge < -0.3 is 0 Å². The van der Waals surface area contributed by atoms with Crippen LogP contribution in [-0.2, 0) is 16.2 Å². The minimum absolute atomic E-state index is 0.00787. The first kappa shape index (κ1) is 48.6. The van der Waals surface area contributed by atoms with Gasteiger partial charge in [0, 0.05) is 16.2 Å². The van der Waals surface area contributed by atoms with E-state index in [1.165, 1.54) is 27.3 Å². The zero-order chi connectivity index (χ0) is 49.6. The minimum Gasteiger partial charge on any atom is -0.268 e. The molecule has 9 rings (SSSR count). The summed E-state index contributed by atoms with van der Waals surface area (Å²) in [5.41, 5.74) is 0.880. The molecule has 8 aromatic rings. The summed E-state index contributed by atoms with van der Waals surface area (Å²) in [6, 6.07) is 25.5. The van der Waals surface area contributed by atoms with E-state index in [4.69, 9.17) is 0 Å². The number of aromatic nitrogens is 6. The Labute approximate surface area is 391 Å². The van der Waals surface area contributed by atoms with Crippen LogP contribution in [0.3, 0.4) is 0 Å². The second-order valence-corrected chi connectivity index (χ2v) is 19.7. The van der Waals surface area contributed by atoms with E-state index in [-0.39, 0.29) is 32.8 Å². The Morgan fingerprint density at radius 2 is 0.868 bits per heavy atom. The van der Waals surface area contributed by atoms with Crippen LogP contribution in [-0.4, -0.2) is 41.0 Å². The lowest BCUT2D eigenvalue weighted by molar-refractivity contribution is 0.505. The van der Waals surface area contributed by atoms with Crippen LogP contribution in [0, 0.1) is 37.1 Å². The molecule has 4 heterocycles. The number of rotatable bonds is 2. The number of halogens is 4. The predicted molar refractivity (Wildman–Crippen MR) is 263 cm³/mol. The lowest BCUT2D eigenvalue weighted by atomic mass is 9.94. The van der Waals surface area contributed by atoms with E-state index >= 15 is 0 Å². The maximum Gasteiger partial charge on any atom is 0.270 e. The molecule has 1 aliphatic heterocycles. The molecule has 0 aliphatic carbocycles. The van der Waals surface area contributed by atoms with Crippen LogP contribution in [0.25, 0.3) is 44.1 Å². The lowest BCUT2D eigenvalue weighted by Gasteiger charge is -2.24. The number of aryl methyl sites for hydroxylation is 2. The smallest absolute Gasteiger partial charge is 0.268 e. The third kappa shape index (κ3) is 9.45. The fourth-order valence-corrected chi connectivity index (χ4v) is 7.84. The molecule has 350 valence electrons. The highest BCUT2D eigenvalue weighted by molar-refractivity contribution is 5.98. The monoisotopic (exact) mass is 923 g/mol. The van der Waals surface area contributed by atoms with Gasteiger partial charge in [0.1, 0.15) is 63.0 Å². The maximum absolute atomic E-state index is 14.4. The highest BCUT2D eigenvalue weighted by Gasteiger charge is 2.29. The summed E-state index contributed by atoms with van der Waals surface area (Å²) in [5, 5.41) is 0.405. The van der Waals surface area contributed by atoms with E-state index in [0.29, 0.717) is 57.5 Å². The van der Waals surface area contributed by atoms with E-state index in [2.05, 4.69) is 19.9 Å². The number of nitrogens with zero attached hydrogens (tertiary/aromatic N) is 7. The van der Waals surface area contributed by atoms with Crippen molar-refractivity contribution in [2.45, 2.75) is 92.4 Å². The van der Waals surface area contributed by atoms with Gasteiger partial charge in [0.25, 0.3) is 16.7 Å². The van der Waals surface area contributed by atoms with E-state index in [1.807, 2.05) is 106 Å². The van der Waals surface area contributed by atoms with Crippen molar-refractivity contribution in [2.24, 2.45) is 4.99 Å². The molecule has 10 nitrogen and oxygen atoms in total. The van der Waals surface area contributed by atoms with Gasteiger partial charge in [0.2, 0.25) is 0 Å². The molecule has 0 unspecified atom stereocenters. The van der Waals surface area contributed by atoms with Crippen molar-refractivity contribution in [2.75, 3.05) is 6.54 Å². The van der Waals surface area contributed by atoms with Gasteiger partial charge in [-0.25, -0.2) is 37.1 Å². The number of allylic oxidation sites excluding steroid dienone is 1. The number of fused-ring (bicyclic) bond motifs is 3. The Bertz CT molecular complexity index is 3500. The highest BCUT2D eigenvalue weighted by Crippen LogP contribution is 2.29. The van der Waals surface area contributed by atoms with Crippen LogP contribution in [0.5, 0.6) is 0 Å². The Kier molecular flexibility index (Phi) is 13.1. The fraction of sp³-hybridized carbons (Fsp3) is 0.278. The van der Waals surface area contributed by atoms with Crippen molar-refractivity contribution >= 4 is 38.5 Å². The molecule has 5 aromatic carbocycles. The SMILES string of the molecule is CC(C)(C)c1nc2cccc(F)c2c(=O)n1C1=NCC=C1.Cc1ccc(-n2c(C(C)(C)C)nc3cccc(F)c3c2=O)cc1.Cc1cccc2nc(C(C)(C)C)n(-c3c(F)cccc3F)c(=O)c12. The second-order valence-electron chi connectivity index (χ2n) is 19.7. The predicted octanol–water partition coefficient (Wildman–Crippen LogP) is 11.1. The zero-order valence-electron chi connectivity index (χ0n) is 40.0. The molecule has 0 bridgehead atoms. The van der Waals surface area contributed by atoms with Gasteiger partial charge in [-0.05, 0) is 80.1 Å². The van der Waals surface area contributed by atoms with E-state index < -0.39 is 39.8 Å². The van der Waals surface area contributed by atoms with Gasteiger partial charge in [-0.15, -0.1) is 0 Å². The number of aliphatic imine (C=N–C) groups is 1. The third-order valence-corrected chi connectivity index (χ3v) is 11.1. The molecule has 0 saturated carbocycles. The fourth-order valence-electron chi connectivity index (χ4n) is 7.84. The summed E-state index contributed by atoms with van der Waals surface area (Å²) in [4.78, 5) is 56.8. The molecular weight excluding hydrogens is 871 g/mol. The Balaban J connectivity index is 0.000000151. The van der Waals surface area contributed by atoms with Crippen molar-refractivity contribution in [1.82, 2.24) is 28.7 Å². The normalized spacial score (nSPS) is 12.8. The lowest BCUT2D eigenvalue weighted by Crippen LogP contribution is -2.35. The second kappa shape index (κ2) is 18.4. The molecule has 14 heteroatoms. The molecule has 68 heavy (non-hydrogen) atoms. The summed E-state index contributed by atoms with van der Waals surface area (Å²) < 4.78 is 60.9. The molecule has 0 spiro atoms. The minimum atomic E-state index is -0.794. The van der Waals surface area contributed by atoms with E-state index in [0.717, 1.165) is 27.8 Å². The largest absolute Gasteiger partial charge is 0.270 e. The van der Waals surface area contributed by atoms with E-state index in [9.17, 15) is 31.9 Å². The van der Waals surface area contributed by atoms with E-state index in [1.54, 1.807) is 49.4 Å². The molecular formula is C54H53F4N7O3. The third-order valence-electron chi connectivity index (χ3n) is 11.1. The van der Waals surface area contributed by atoms with Gasteiger partial charge in [-0.2, -0.15) is 0 Å². The van der Waals surface area contributed by atoms with Crippen molar-refractivity contribution < 1.29 is 17.6 Å². The average molecular weight is 924 g/mol. The molecule has 0 N–H and O–H groups in total. The molecule has 1 aliphatic rings. The molecule has 0 radical (unpaired) electrons. The molecule has 0 atom stereocenters. The first-order valence-electron chi connectivity index (χ1n) is 22.1.